The Bertz CT molecular complexity index is 872. The molecular weight excluding hydrogens is 302 g/mol. The second kappa shape index (κ2) is 5.61. The molecule has 1 aromatic heterocycles. The average Bonchev–Trinajstić information content (AvgIpc) is 3.06. The quantitative estimate of drug-likeness (QED) is 0.738. The van der Waals surface area contributed by atoms with Gasteiger partial charge >= 0.3 is 0 Å². The summed E-state index contributed by atoms with van der Waals surface area (Å²) in [4.78, 5) is 0.100. The van der Waals surface area contributed by atoms with Gasteiger partial charge in [-0.15, -0.1) is 10.2 Å². The van der Waals surface area contributed by atoms with Gasteiger partial charge < -0.3 is 4.74 Å². The van der Waals surface area contributed by atoms with Crippen molar-refractivity contribution in [2.75, 3.05) is 7.11 Å². The molecule has 7 heteroatoms. The van der Waals surface area contributed by atoms with Crippen LogP contribution in [0.15, 0.2) is 65.7 Å². The van der Waals surface area contributed by atoms with Crippen molar-refractivity contribution in [3.63, 3.8) is 0 Å². The molecule has 0 unspecified atom stereocenters. The summed E-state index contributed by atoms with van der Waals surface area (Å²) in [5, 5.41) is 7.93. The molecule has 0 N–H and O–H groups in total. The van der Waals surface area contributed by atoms with Gasteiger partial charge in [-0.1, -0.05) is 34.5 Å². The van der Waals surface area contributed by atoms with Gasteiger partial charge in [-0.25, -0.2) is 0 Å². The monoisotopic (exact) mass is 315 g/mol. The zero-order chi connectivity index (χ0) is 15.6. The molecule has 0 aliphatic carbocycles. The Labute approximate surface area is 128 Å². The van der Waals surface area contributed by atoms with Crippen molar-refractivity contribution in [1.82, 2.24) is 14.4 Å². The van der Waals surface area contributed by atoms with Crippen LogP contribution >= 0.6 is 0 Å². The van der Waals surface area contributed by atoms with Gasteiger partial charge in [0.2, 0.25) is 0 Å². The standard InChI is InChI=1S/C15H13N3O3S/c1-21-13-7-9-14(10-8-13)22(19,20)18-16-11-15(17-18)12-5-3-2-4-6-12/h2-11H,1H3. The summed E-state index contributed by atoms with van der Waals surface area (Å²) in [5.41, 5.74) is 1.30. The van der Waals surface area contributed by atoms with E-state index >= 15 is 0 Å². The highest BCUT2D eigenvalue weighted by Gasteiger charge is 2.20. The lowest BCUT2D eigenvalue weighted by molar-refractivity contribution is 0.414. The Balaban J connectivity index is 1.97. The zero-order valence-electron chi connectivity index (χ0n) is 11.7. The van der Waals surface area contributed by atoms with Gasteiger partial charge in [0.15, 0.2) is 0 Å². The van der Waals surface area contributed by atoms with Crippen LogP contribution in [0.3, 0.4) is 0 Å². The van der Waals surface area contributed by atoms with Crippen molar-refractivity contribution in [3.8, 4) is 17.0 Å². The van der Waals surface area contributed by atoms with E-state index in [4.69, 9.17) is 4.74 Å². The number of benzene rings is 2. The SMILES string of the molecule is COc1ccc(S(=O)(=O)n2ncc(-c3ccccc3)n2)cc1. The molecule has 1 heterocycles. The zero-order valence-corrected chi connectivity index (χ0v) is 12.6. The van der Waals surface area contributed by atoms with Gasteiger partial charge in [0.25, 0.3) is 10.0 Å². The van der Waals surface area contributed by atoms with E-state index in [9.17, 15) is 8.42 Å². The Kier molecular flexibility index (Phi) is 3.64. The molecule has 0 fully saturated rings. The van der Waals surface area contributed by atoms with Crippen LogP contribution in [-0.2, 0) is 10.0 Å². The second-order valence-electron chi connectivity index (χ2n) is 4.50. The lowest BCUT2D eigenvalue weighted by atomic mass is 10.2. The van der Waals surface area contributed by atoms with E-state index in [2.05, 4.69) is 10.2 Å². The van der Waals surface area contributed by atoms with Crippen LogP contribution in [0.4, 0.5) is 0 Å². The molecule has 0 spiro atoms. The third-order valence-corrected chi connectivity index (χ3v) is 4.59. The summed E-state index contributed by atoms with van der Waals surface area (Å²) in [5.74, 6) is 0.581. The summed E-state index contributed by atoms with van der Waals surface area (Å²) >= 11 is 0. The van der Waals surface area contributed by atoms with Crippen molar-refractivity contribution in [2.45, 2.75) is 4.90 Å². The molecule has 2 aromatic carbocycles. The number of ether oxygens (including phenoxy) is 1. The van der Waals surface area contributed by atoms with Crippen LogP contribution in [-0.4, -0.2) is 29.9 Å². The third kappa shape index (κ3) is 2.58. The minimum atomic E-state index is -3.81. The van der Waals surface area contributed by atoms with Crippen molar-refractivity contribution in [2.24, 2.45) is 0 Å². The number of hydrogen-bond donors (Lipinski definition) is 0. The van der Waals surface area contributed by atoms with Gasteiger partial charge in [0.05, 0.1) is 18.2 Å². The fourth-order valence-electron chi connectivity index (χ4n) is 1.95. The lowest BCUT2D eigenvalue weighted by Crippen LogP contribution is -2.16. The van der Waals surface area contributed by atoms with E-state index in [-0.39, 0.29) is 4.90 Å². The maximum Gasteiger partial charge on any atom is 0.299 e. The molecule has 0 saturated carbocycles. The largest absolute Gasteiger partial charge is 0.497 e. The van der Waals surface area contributed by atoms with Gasteiger partial charge in [-0.3, -0.25) is 0 Å². The van der Waals surface area contributed by atoms with Crippen LogP contribution in [0.2, 0.25) is 0 Å². The minimum Gasteiger partial charge on any atom is -0.497 e. The summed E-state index contributed by atoms with van der Waals surface area (Å²) < 4.78 is 30.7. The number of methoxy groups -OCH3 is 1. The molecule has 0 amide bonds. The van der Waals surface area contributed by atoms with Gasteiger partial charge in [0, 0.05) is 5.56 Å². The molecule has 0 saturated heterocycles. The van der Waals surface area contributed by atoms with Crippen LogP contribution in [0.25, 0.3) is 11.3 Å². The smallest absolute Gasteiger partial charge is 0.299 e. The van der Waals surface area contributed by atoms with Gasteiger partial charge in [0.1, 0.15) is 11.4 Å². The third-order valence-electron chi connectivity index (χ3n) is 3.11. The van der Waals surface area contributed by atoms with E-state index in [1.165, 1.54) is 25.4 Å². The summed E-state index contributed by atoms with van der Waals surface area (Å²) in [6.45, 7) is 0. The summed E-state index contributed by atoms with van der Waals surface area (Å²) in [6.07, 6.45) is 1.43. The Hall–Kier alpha value is -2.67. The Morgan fingerprint density at radius 1 is 1.00 bits per heavy atom. The number of nitrogens with zero attached hydrogens (tertiary/aromatic N) is 3. The summed E-state index contributed by atoms with van der Waals surface area (Å²) in [6, 6.07) is 15.3. The molecule has 22 heavy (non-hydrogen) atoms. The van der Waals surface area contributed by atoms with Gasteiger partial charge in [-0.05, 0) is 24.3 Å². The average molecular weight is 315 g/mol. The molecule has 112 valence electrons. The normalized spacial score (nSPS) is 11.3. The first-order valence-electron chi connectivity index (χ1n) is 6.48. The highest BCUT2D eigenvalue weighted by molar-refractivity contribution is 7.89. The van der Waals surface area contributed by atoms with Crippen LogP contribution in [0.5, 0.6) is 5.75 Å². The fraction of sp³-hybridized carbons (Fsp3) is 0.0667. The van der Waals surface area contributed by atoms with Crippen LogP contribution in [0, 0.1) is 0 Å². The maximum absolute atomic E-state index is 12.5. The lowest BCUT2D eigenvalue weighted by Gasteiger charge is -2.04. The van der Waals surface area contributed by atoms with Crippen LogP contribution in [0.1, 0.15) is 0 Å². The topological polar surface area (TPSA) is 74.1 Å². The predicted octanol–water partition coefficient (Wildman–Crippen LogP) is 2.19. The number of aromatic nitrogens is 3. The van der Waals surface area contributed by atoms with Gasteiger partial charge in [-0.2, -0.15) is 8.42 Å². The first-order chi connectivity index (χ1) is 10.6. The molecule has 3 aromatic rings. The second-order valence-corrected chi connectivity index (χ2v) is 6.25. The van der Waals surface area contributed by atoms with Crippen LogP contribution < -0.4 is 4.74 Å². The van der Waals surface area contributed by atoms with E-state index in [0.717, 1.165) is 9.77 Å². The number of hydrogen-bond acceptors (Lipinski definition) is 5. The van der Waals surface area contributed by atoms with Crippen molar-refractivity contribution < 1.29 is 13.2 Å². The van der Waals surface area contributed by atoms with E-state index in [0.29, 0.717) is 11.4 Å². The molecule has 3 rings (SSSR count). The molecule has 0 bridgehead atoms. The Morgan fingerprint density at radius 3 is 2.32 bits per heavy atom. The maximum atomic E-state index is 12.5. The van der Waals surface area contributed by atoms with E-state index < -0.39 is 10.0 Å². The first kappa shape index (κ1) is 14.3. The van der Waals surface area contributed by atoms with Crippen molar-refractivity contribution >= 4 is 10.0 Å². The molecule has 0 aliphatic heterocycles. The van der Waals surface area contributed by atoms with Crippen molar-refractivity contribution in [1.29, 1.82) is 0 Å². The van der Waals surface area contributed by atoms with E-state index in [1.807, 2.05) is 30.3 Å². The summed E-state index contributed by atoms with van der Waals surface area (Å²) in [7, 11) is -2.29. The fourth-order valence-corrected chi connectivity index (χ4v) is 2.98. The highest BCUT2D eigenvalue weighted by atomic mass is 32.2. The number of rotatable bonds is 4. The Morgan fingerprint density at radius 2 is 1.68 bits per heavy atom. The molecule has 0 aliphatic rings. The first-order valence-corrected chi connectivity index (χ1v) is 7.92. The van der Waals surface area contributed by atoms with Crippen molar-refractivity contribution in [3.05, 3.63) is 60.8 Å². The molecule has 0 radical (unpaired) electrons. The minimum absolute atomic E-state index is 0.100. The highest BCUT2D eigenvalue weighted by Crippen LogP contribution is 2.19. The molecular formula is C15H13N3O3S. The predicted molar refractivity (Wildman–Crippen MR) is 81.0 cm³/mol. The molecule has 6 nitrogen and oxygen atoms in total. The van der Waals surface area contributed by atoms with E-state index in [1.54, 1.807) is 12.1 Å². The molecule has 0 atom stereocenters.